The second-order valence-electron chi connectivity index (χ2n) is 9.41. The molecule has 3 aromatic rings. The van der Waals surface area contributed by atoms with Crippen LogP contribution < -0.4 is 4.74 Å². The molecule has 0 saturated carbocycles. The van der Waals surface area contributed by atoms with Crippen LogP contribution in [0.1, 0.15) is 36.8 Å². The van der Waals surface area contributed by atoms with Crippen LogP contribution in [0, 0.1) is 12.3 Å². The van der Waals surface area contributed by atoms with E-state index in [0.29, 0.717) is 24.3 Å². The lowest BCUT2D eigenvalue weighted by atomic mass is 9.74. The van der Waals surface area contributed by atoms with Gasteiger partial charge in [-0.15, -0.1) is 11.8 Å². The van der Waals surface area contributed by atoms with Gasteiger partial charge < -0.3 is 14.7 Å². The van der Waals surface area contributed by atoms with Crippen LogP contribution in [0.15, 0.2) is 53.6 Å². The summed E-state index contributed by atoms with van der Waals surface area (Å²) in [5.41, 5.74) is 2.50. The Bertz CT molecular complexity index is 1160. The van der Waals surface area contributed by atoms with Gasteiger partial charge >= 0.3 is 5.97 Å². The predicted octanol–water partition coefficient (Wildman–Crippen LogP) is 6.49. The van der Waals surface area contributed by atoms with E-state index >= 15 is 0 Å². The first-order valence-corrected chi connectivity index (χ1v) is 13.5. The number of halogens is 1. The number of hydrogen-bond donors (Lipinski definition) is 1. The molecule has 1 N–H and O–H groups in total. The average molecular weight is 513 g/mol. The maximum absolute atomic E-state index is 12.3. The normalized spacial score (nSPS) is 15.9. The number of carbonyl (C=O) groups is 1. The van der Waals surface area contributed by atoms with Crippen molar-refractivity contribution in [1.82, 2.24) is 9.88 Å². The summed E-state index contributed by atoms with van der Waals surface area (Å²) in [5, 5.41) is 11.7. The first-order valence-electron chi connectivity index (χ1n) is 12.2. The Hall–Kier alpha value is -2.28. The zero-order valence-corrected chi connectivity index (χ0v) is 22.0. The maximum Gasteiger partial charge on any atom is 0.309 e. The molecule has 35 heavy (non-hydrogen) atoms. The van der Waals surface area contributed by atoms with Gasteiger partial charge in [-0.1, -0.05) is 29.3 Å². The van der Waals surface area contributed by atoms with Gasteiger partial charge in [0.1, 0.15) is 5.75 Å². The number of hydrogen-bond acceptors (Lipinski definition) is 5. The monoisotopic (exact) mass is 512 g/mol. The predicted molar refractivity (Wildman–Crippen MR) is 144 cm³/mol. The number of thioether (sulfide) groups is 1. The van der Waals surface area contributed by atoms with E-state index in [1.165, 1.54) is 10.5 Å². The van der Waals surface area contributed by atoms with E-state index in [1.54, 1.807) is 13.3 Å². The molecule has 186 valence electrons. The summed E-state index contributed by atoms with van der Waals surface area (Å²) < 4.78 is 5.38. The fourth-order valence-corrected chi connectivity index (χ4v) is 6.05. The van der Waals surface area contributed by atoms with Gasteiger partial charge in [-0.05, 0) is 88.0 Å². The van der Waals surface area contributed by atoms with Gasteiger partial charge in [0.15, 0.2) is 0 Å². The van der Waals surface area contributed by atoms with Gasteiger partial charge in [-0.2, -0.15) is 0 Å². The summed E-state index contributed by atoms with van der Waals surface area (Å²) in [4.78, 5) is 20.5. The molecule has 0 amide bonds. The van der Waals surface area contributed by atoms with Crippen LogP contribution in [0.5, 0.6) is 5.75 Å². The molecule has 1 fully saturated rings. The van der Waals surface area contributed by atoms with Crippen LogP contribution in [-0.2, 0) is 11.2 Å². The molecular weight excluding hydrogens is 480 g/mol. The minimum atomic E-state index is -0.668. The van der Waals surface area contributed by atoms with E-state index in [1.807, 2.05) is 30.0 Å². The number of aliphatic carboxylic acids is 1. The number of ether oxygens (including phenoxy) is 1. The van der Waals surface area contributed by atoms with Crippen LogP contribution in [0.3, 0.4) is 0 Å². The van der Waals surface area contributed by atoms with E-state index in [4.69, 9.17) is 16.3 Å². The maximum atomic E-state index is 12.3. The van der Waals surface area contributed by atoms with Crippen molar-refractivity contribution in [3.63, 3.8) is 0 Å². The number of carboxylic acids is 1. The smallest absolute Gasteiger partial charge is 0.309 e. The van der Waals surface area contributed by atoms with Crippen molar-refractivity contribution >= 4 is 40.2 Å². The molecule has 1 aliphatic rings. The van der Waals surface area contributed by atoms with Gasteiger partial charge in [-0.3, -0.25) is 9.78 Å². The minimum Gasteiger partial charge on any atom is -0.497 e. The molecule has 2 heterocycles. The number of piperidine rings is 1. The third-order valence-electron chi connectivity index (χ3n) is 7.18. The number of aryl methyl sites for hydroxylation is 2. The Kier molecular flexibility index (Phi) is 8.58. The molecule has 7 heteroatoms. The van der Waals surface area contributed by atoms with Crippen LogP contribution in [0.2, 0.25) is 5.02 Å². The van der Waals surface area contributed by atoms with Gasteiger partial charge in [0, 0.05) is 28.8 Å². The van der Waals surface area contributed by atoms with Gasteiger partial charge in [0.05, 0.1) is 23.1 Å². The molecule has 2 aromatic carbocycles. The molecule has 5 nitrogen and oxygen atoms in total. The number of methoxy groups -OCH3 is 1. The number of nitrogens with zero attached hydrogens (tertiary/aromatic N) is 2. The third kappa shape index (κ3) is 6.29. The van der Waals surface area contributed by atoms with Gasteiger partial charge in [0.2, 0.25) is 0 Å². The molecule has 0 unspecified atom stereocenters. The largest absolute Gasteiger partial charge is 0.497 e. The van der Waals surface area contributed by atoms with Gasteiger partial charge in [0.25, 0.3) is 0 Å². The Morgan fingerprint density at radius 3 is 2.63 bits per heavy atom. The molecule has 4 rings (SSSR count). The van der Waals surface area contributed by atoms with Crippen molar-refractivity contribution in [3.05, 3.63) is 64.8 Å². The zero-order chi connectivity index (χ0) is 24.8. The summed E-state index contributed by atoms with van der Waals surface area (Å²) in [7, 11) is 1.64. The van der Waals surface area contributed by atoms with Crippen LogP contribution in [0.25, 0.3) is 10.9 Å². The summed E-state index contributed by atoms with van der Waals surface area (Å²) >= 11 is 8.37. The highest BCUT2D eigenvalue weighted by molar-refractivity contribution is 7.99. The second-order valence-corrected chi connectivity index (χ2v) is 11.0. The highest BCUT2D eigenvalue weighted by Gasteiger charge is 2.40. The molecule has 0 bridgehead atoms. The number of benzene rings is 2. The SMILES string of the molecule is COc1ccc2ncc(Cl)c(CCCC3(C(=O)O)CCN(CCSc4ccc(C)cc4)CC3)c2c1. The summed E-state index contributed by atoms with van der Waals surface area (Å²) in [6.07, 6.45) is 5.21. The number of fused-ring (bicyclic) bond motifs is 1. The Balaban J connectivity index is 1.32. The van der Waals surface area contributed by atoms with Crippen molar-refractivity contribution in [3.8, 4) is 5.75 Å². The number of aromatic nitrogens is 1. The quantitative estimate of drug-likeness (QED) is 0.313. The lowest BCUT2D eigenvalue weighted by Gasteiger charge is -2.39. The second kappa shape index (κ2) is 11.6. The van der Waals surface area contributed by atoms with E-state index in [2.05, 4.69) is 41.1 Å². The van der Waals surface area contributed by atoms with Gasteiger partial charge in [-0.25, -0.2) is 0 Å². The topological polar surface area (TPSA) is 62.7 Å². The van der Waals surface area contributed by atoms with E-state index in [9.17, 15) is 9.90 Å². The minimum absolute atomic E-state index is 0.621. The Morgan fingerprint density at radius 1 is 1.20 bits per heavy atom. The highest BCUT2D eigenvalue weighted by atomic mass is 35.5. The molecular formula is C28H33ClN2O3S. The molecule has 0 atom stereocenters. The number of pyridine rings is 1. The van der Waals surface area contributed by atoms with Crippen molar-refractivity contribution in [2.24, 2.45) is 5.41 Å². The summed E-state index contributed by atoms with van der Waals surface area (Å²) in [6.45, 7) is 4.74. The van der Waals surface area contributed by atoms with E-state index in [0.717, 1.165) is 60.4 Å². The first-order chi connectivity index (χ1) is 16.9. The lowest BCUT2D eigenvalue weighted by molar-refractivity contribution is -0.152. The van der Waals surface area contributed by atoms with Crippen molar-refractivity contribution in [2.45, 2.75) is 43.9 Å². The fourth-order valence-electron chi connectivity index (χ4n) is 4.89. The first kappa shape index (κ1) is 25.8. The zero-order valence-electron chi connectivity index (χ0n) is 20.4. The molecule has 0 radical (unpaired) electrons. The number of carboxylic acid groups (broad SMARTS) is 1. The van der Waals surface area contributed by atoms with E-state index < -0.39 is 11.4 Å². The average Bonchev–Trinajstić information content (AvgIpc) is 2.87. The van der Waals surface area contributed by atoms with E-state index in [-0.39, 0.29) is 0 Å². The highest BCUT2D eigenvalue weighted by Crippen LogP contribution is 2.38. The molecule has 1 saturated heterocycles. The van der Waals surface area contributed by atoms with Crippen molar-refractivity contribution in [1.29, 1.82) is 0 Å². The van der Waals surface area contributed by atoms with Crippen LogP contribution >= 0.6 is 23.4 Å². The van der Waals surface area contributed by atoms with Crippen LogP contribution in [0.4, 0.5) is 0 Å². The van der Waals surface area contributed by atoms with Crippen molar-refractivity contribution in [2.75, 3.05) is 32.5 Å². The molecule has 1 aliphatic heterocycles. The summed E-state index contributed by atoms with van der Waals surface area (Å²) in [6, 6.07) is 14.4. The Labute approximate surface area is 216 Å². The molecule has 0 spiro atoms. The standard InChI is InChI=1S/C28H33ClN2O3S/c1-20-5-8-22(9-6-20)35-17-16-31-14-12-28(13-15-31,27(32)33)11-3-4-23-24-18-21(34-2)7-10-26(24)30-19-25(23)29/h5-10,18-19H,3-4,11-17H2,1-2H3,(H,32,33). The van der Waals surface area contributed by atoms with Crippen LogP contribution in [-0.4, -0.2) is 53.5 Å². The van der Waals surface area contributed by atoms with Crippen molar-refractivity contribution < 1.29 is 14.6 Å². The number of likely N-dealkylation sites (tertiary alicyclic amines) is 1. The molecule has 1 aromatic heterocycles. The fraction of sp³-hybridized carbons (Fsp3) is 0.429. The number of rotatable bonds is 10. The molecule has 0 aliphatic carbocycles. The third-order valence-corrected chi connectivity index (χ3v) is 8.50. The summed E-state index contributed by atoms with van der Waals surface area (Å²) in [5.74, 6) is 1.11. The lowest BCUT2D eigenvalue weighted by Crippen LogP contribution is -2.45. The Morgan fingerprint density at radius 2 is 1.94 bits per heavy atom.